The molecule has 102 valence electrons. The second-order valence-corrected chi connectivity index (χ2v) is 5.02. The molecule has 1 aromatic rings. The number of hydrogen-bond acceptors (Lipinski definition) is 3. The third kappa shape index (κ3) is 3.92. The molecule has 1 aliphatic heterocycles. The number of rotatable bonds is 6. The molecule has 0 spiro atoms. The van der Waals surface area contributed by atoms with Crippen LogP contribution in [-0.4, -0.2) is 35.5 Å². The molecule has 0 radical (unpaired) electrons. The van der Waals surface area contributed by atoms with Gasteiger partial charge >= 0.3 is 0 Å². The summed E-state index contributed by atoms with van der Waals surface area (Å²) in [5.74, 6) is 1.02. The lowest BCUT2D eigenvalue weighted by atomic mass is 10.2. The summed E-state index contributed by atoms with van der Waals surface area (Å²) in [5, 5.41) is 0. The summed E-state index contributed by atoms with van der Waals surface area (Å²) in [6, 6.07) is 7.44. The topological polar surface area (TPSA) is 55.6 Å². The van der Waals surface area contributed by atoms with Crippen molar-refractivity contribution in [1.29, 1.82) is 0 Å². The Morgan fingerprint density at radius 1 is 1.47 bits per heavy atom. The molecular formula is C14H18N2O2S. The van der Waals surface area contributed by atoms with Gasteiger partial charge in [0, 0.05) is 25.1 Å². The number of nitrogens with zero attached hydrogens (tertiary/aromatic N) is 1. The number of benzene rings is 1. The summed E-state index contributed by atoms with van der Waals surface area (Å²) in [7, 11) is 0. The molecule has 0 bridgehead atoms. The van der Waals surface area contributed by atoms with Crippen molar-refractivity contribution in [3.8, 4) is 5.75 Å². The van der Waals surface area contributed by atoms with Crippen molar-refractivity contribution in [2.24, 2.45) is 5.73 Å². The standard InChI is InChI=1S/C14H18N2O2S/c15-14(19)11-4-1-5-12(10-11)18-9-3-8-16-7-2-6-13(16)17/h1,4-5,10H,2-3,6-9H2,(H2,15,19). The Balaban J connectivity index is 1.75. The highest BCUT2D eigenvalue weighted by Gasteiger charge is 2.18. The first kappa shape index (κ1) is 13.8. The first-order valence-electron chi connectivity index (χ1n) is 6.47. The van der Waals surface area contributed by atoms with Gasteiger partial charge in [-0.15, -0.1) is 0 Å². The Bertz CT molecular complexity index is 476. The van der Waals surface area contributed by atoms with E-state index in [-0.39, 0.29) is 5.91 Å². The van der Waals surface area contributed by atoms with Gasteiger partial charge in [-0.25, -0.2) is 0 Å². The maximum Gasteiger partial charge on any atom is 0.222 e. The quantitative estimate of drug-likeness (QED) is 0.636. The molecule has 0 atom stereocenters. The molecule has 2 N–H and O–H groups in total. The van der Waals surface area contributed by atoms with Crippen molar-refractivity contribution in [2.45, 2.75) is 19.3 Å². The van der Waals surface area contributed by atoms with Crippen LogP contribution in [0.25, 0.3) is 0 Å². The fourth-order valence-electron chi connectivity index (χ4n) is 2.13. The summed E-state index contributed by atoms with van der Waals surface area (Å²) in [4.78, 5) is 13.7. The molecule has 1 saturated heterocycles. The number of ether oxygens (including phenoxy) is 1. The van der Waals surface area contributed by atoms with Gasteiger partial charge in [-0.05, 0) is 25.0 Å². The molecule has 1 aliphatic rings. The van der Waals surface area contributed by atoms with E-state index in [2.05, 4.69) is 0 Å². The molecular weight excluding hydrogens is 260 g/mol. The van der Waals surface area contributed by atoms with Crippen molar-refractivity contribution < 1.29 is 9.53 Å². The highest BCUT2D eigenvalue weighted by atomic mass is 32.1. The summed E-state index contributed by atoms with van der Waals surface area (Å²) in [5.41, 5.74) is 6.37. The van der Waals surface area contributed by atoms with Crippen molar-refractivity contribution in [1.82, 2.24) is 4.90 Å². The zero-order chi connectivity index (χ0) is 13.7. The van der Waals surface area contributed by atoms with Crippen LogP contribution in [0.5, 0.6) is 5.75 Å². The smallest absolute Gasteiger partial charge is 0.222 e. The number of likely N-dealkylation sites (tertiary alicyclic amines) is 1. The van der Waals surface area contributed by atoms with Gasteiger partial charge in [0.1, 0.15) is 10.7 Å². The SMILES string of the molecule is NC(=S)c1cccc(OCCCN2CCCC2=O)c1. The second kappa shape index (κ2) is 6.52. The highest BCUT2D eigenvalue weighted by molar-refractivity contribution is 7.80. The number of amides is 1. The Hall–Kier alpha value is -1.62. The Morgan fingerprint density at radius 2 is 2.32 bits per heavy atom. The first-order valence-corrected chi connectivity index (χ1v) is 6.88. The third-order valence-corrected chi connectivity index (χ3v) is 3.37. The summed E-state index contributed by atoms with van der Waals surface area (Å²) >= 11 is 4.92. The average Bonchev–Trinajstić information content (AvgIpc) is 2.81. The van der Waals surface area contributed by atoms with Gasteiger partial charge in [0.2, 0.25) is 5.91 Å². The monoisotopic (exact) mass is 278 g/mol. The maximum atomic E-state index is 11.4. The fourth-order valence-corrected chi connectivity index (χ4v) is 2.25. The Kier molecular flexibility index (Phi) is 4.74. The molecule has 1 aromatic carbocycles. The highest BCUT2D eigenvalue weighted by Crippen LogP contribution is 2.14. The molecule has 4 nitrogen and oxygen atoms in total. The van der Waals surface area contributed by atoms with Gasteiger partial charge in [-0.1, -0.05) is 24.4 Å². The molecule has 0 unspecified atom stereocenters. The van der Waals surface area contributed by atoms with Gasteiger partial charge in [0.05, 0.1) is 6.61 Å². The minimum Gasteiger partial charge on any atom is -0.494 e. The van der Waals surface area contributed by atoms with Gasteiger partial charge in [-0.2, -0.15) is 0 Å². The fraction of sp³-hybridized carbons (Fsp3) is 0.429. The van der Waals surface area contributed by atoms with Crippen molar-refractivity contribution in [2.75, 3.05) is 19.7 Å². The summed E-state index contributed by atoms with van der Waals surface area (Å²) in [6.45, 7) is 2.24. The number of thiocarbonyl (C=S) groups is 1. The third-order valence-electron chi connectivity index (χ3n) is 3.13. The number of nitrogens with two attached hydrogens (primary N) is 1. The molecule has 0 saturated carbocycles. The van der Waals surface area contributed by atoms with Gasteiger partial charge < -0.3 is 15.4 Å². The lowest BCUT2D eigenvalue weighted by Gasteiger charge is -2.15. The molecule has 1 amide bonds. The second-order valence-electron chi connectivity index (χ2n) is 4.58. The van der Waals surface area contributed by atoms with E-state index in [1.165, 1.54) is 0 Å². The lowest BCUT2D eigenvalue weighted by molar-refractivity contribution is -0.127. The lowest BCUT2D eigenvalue weighted by Crippen LogP contribution is -2.26. The van der Waals surface area contributed by atoms with Crippen molar-refractivity contribution in [3.63, 3.8) is 0 Å². The van der Waals surface area contributed by atoms with E-state index in [0.717, 1.165) is 37.2 Å². The predicted octanol–water partition coefficient (Wildman–Crippen LogP) is 1.71. The first-order chi connectivity index (χ1) is 9.16. The van der Waals surface area contributed by atoms with E-state index < -0.39 is 0 Å². The van der Waals surface area contributed by atoms with E-state index in [4.69, 9.17) is 22.7 Å². The van der Waals surface area contributed by atoms with Crippen molar-refractivity contribution in [3.05, 3.63) is 29.8 Å². The minimum absolute atomic E-state index is 0.260. The van der Waals surface area contributed by atoms with Gasteiger partial charge in [-0.3, -0.25) is 4.79 Å². The van der Waals surface area contributed by atoms with Crippen LogP contribution in [0.1, 0.15) is 24.8 Å². The van der Waals surface area contributed by atoms with Crippen LogP contribution in [0.15, 0.2) is 24.3 Å². The molecule has 0 aromatic heterocycles. The molecule has 0 aliphatic carbocycles. The maximum absolute atomic E-state index is 11.4. The van der Waals surface area contributed by atoms with E-state index in [1.54, 1.807) is 0 Å². The molecule has 2 rings (SSSR count). The van der Waals surface area contributed by atoms with Crippen LogP contribution < -0.4 is 10.5 Å². The molecule has 19 heavy (non-hydrogen) atoms. The van der Waals surface area contributed by atoms with Crippen LogP contribution in [-0.2, 0) is 4.79 Å². The van der Waals surface area contributed by atoms with Crippen LogP contribution in [0.4, 0.5) is 0 Å². The zero-order valence-electron chi connectivity index (χ0n) is 10.8. The number of carbonyl (C=O) groups excluding carboxylic acids is 1. The summed E-state index contributed by atoms with van der Waals surface area (Å²) < 4.78 is 5.64. The Morgan fingerprint density at radius 3 is 3.00 bits per heavy atom. The normalized spacial score (nSPS) is 14.7. The number of carbonyl (C=O) groups is 1. The van der Waals surface area contributed by atoms with Crippen molar-refractivity contribution >= 4 is 23.1 Å². The largest absolute Gasteiger partial charge is 0.494 e. The van der Waals surface area contributed by atoms with Crippen LogP contribution in [0, 0.1) is 0 Å². The average molecular weight is 278 g/mol. The summed E-state index contributed by atoms with van der Waals surface area (Å²) in [6.07, 6.45) is 2.51. The van der Waals surface area contributed by atoms with Gasteiger partial charge in [0.15, 0.2) is 0 Å². The minimum atomic E-state index is 0.260. The molecule has 5 heteroatoms. The van der Waals surface area contributed by atoms with Crippen LogP contribution in [0.2, 0.25) is 0 Å². The zero-order valence-corrected chi connectivity index (χ0v) is 11.6. The van der Waals surface area contributed by atoms with E-state index >= 15 is 0 Å². The van der Waals surface area contributed by atoms with Crippen LogP contribution in [0.3, 0.4) is 0 Å². The molecule has 1 heterocycles. The van der Waals surface area contributed by atoms with E-state index in [1.807, 2.05) is 29.2 Å². The predicted molar refractivity (Wildman–Crippen MR) is 78.3 cm³/mol. The van der Waals surface area contributed by atoms with Crippen LogP contribution >= 0.6 is 12.2 Å². The molecule has 1 fully saturated rings. The van der Waals surface area contributed by atoms with E-state index in [0.29, 0.717) is 18.0 Å². The Labute approximate surface area is 118 Å². The van der Waals surface area contributed by atoms with E-state index in [9.17, 15) is 4.79 Å². The van der Waals surface area contributed by atoms with Gasteiger partial charge in [0.25, 0.3) is 0 Å². The number of hydrogen-bond donors (Lipinski definition) is 1.